The number of hydrogen-bond acceptors (Lipinski definition) is 6. The Morgan fingerprint density at radius 3 is 0.729 bits per heavy atom. The van der Waals surface area contributed by atoms with E-state index in [2.05, 4.69) is 41.5 Å². The van der Waals surface area contributed by atoms with Crippen LogP contribution < -0.4 is 0 Å². The van der Waals surface area contributed by atoms with E-state index in [1.165, 1.54) is 167 Å². The van der Waals surface area contributed by atoms with Gasteiger partial charge in [0, 0.05) is 19.3 Å². The summed E-state index contributed by atoms with van der Waals surface area (Å²) in [5.74, 6) is 1.58. The zero-order valence-corrected chi connectivity index (χ0v) is 40.5. The third-order valence-corrected chi connectivity index (χ3v) is 11.9. The van der Waals surface area contributed by atoms with Crippen molar-refractivity contribution in [3.63, 3.8) is 0 Å². The summed E-state index contributed by atoms with van der Waals surface area (Å²) in [6, 6.07) is 0. The van der Waals surface area contributed by atoms with Crippen LogP contribution in [0.15, 0.2) is 0 Å². The SMILES string of the molecule is CC(C)CCCCCCCCCCCCCCCCCC(=O)OC[C@@H](COC(=O)CCCCCCCCC(C)C)OC(=O)CCCCCCCCCCCCCC(C)C. The van der Waals surface area contributed by atoms with Crippen LogP contribution in [-0.2, 0) is 28.6 Å². The summed E-state index contributed by atoms with van der Waals surface area (Å²) in [7, 11) is 0. The van der Waals surface area contributed by atoms with E-state index in [0.29, 0.717) is 19.3 Å². The highest BCUT2D eigenvalue weighted by Crippen LogP contribution is 2.18. The molecule has 0 rings (SSSR count). The van der Waals surface area contributed by atoms with Crippen LogP contribution in [0.4, 0.5) is 0 Å². The van der Waals surface area contributed by atoms with Gasteiger partial charge in [0.05, 0.1) is 0 Å². The third-order valence-electron chi connectivity index (χ3n) is 11.9. The van der Waals surface area contributed by atoms with Crippen molar-refractivity contribution in [3.05, 3.63) is 0 Å². The highest BCUT2D eigenvalue weighted by atomic mass is 16.6. The summed E-state index contributed by atoms with van der Waals surface area (Å²) in [6.07, 6.45) is 43.9. The molecule has 0 radical (unpaired) electrons. The Morgan fingerprint density at radius 1 is 0.288 bits per heavy atom. The number of unbranched alkanes of at least 4 members (excludes halogenated alkanes) is 29. The summed E-state index contributed by atoms with van der Waals surface area (Å²) >= 11 is 0. The minimum atomic E-state index is -0.763. The molecule has 0 fully saturated rings. The molecule has 6 heteroatoms. The van der Waals surface area contributed by atoms with Crippen LogP contribution in [0.3, 0.4) is 0 Å². The van der Waals surface area contributed by atoms with Crippen molar-refractivity contribution in [1.29, 1.82) is 0 Å². The minimum absolute atomic E-state index is 0.0652. The number of hydrogen-bond donors (Lipinski definition) is 0. The van der Waals surface area contributed by atoms with Gasteiger partial charge in [-0.15, -0.1) is 0 Å². The minimum Gasteiger partial charge on any atom is -0.462 e. The van der Waals surface area contributed by atoms with E-state index in [1.807, 2.05) is 0 Å². The lowest BCUT2D eigenvalue weighted by atomic mass is 10.0. The van der Waals surface area contributed by atoms with Gasteiger partial charge in [-0.25, -0.2) is 0 Å². The van der Waals surface area contributed by atoms with Gasteiger partial charge in [0.15, 0.2) is 6.10 Å². The first-order chi connectivity index (χ1) is 28.6. The van der Waals surface area contributed by atoms with Gasteiger partial charge in [-0.3, -0.25) is 14.4 Å². The average Bonchev–Trinajstić information content (AvgIpc) is 3.19. The lowest BCUT2D eigenvalue weighted by molar-refractivity contribution is -0.167. The van der Waals surface area contributed by atoms with Crippen molar-refractivity contribution in [3.8, 4) is 0 Å². The smallest absolute Gasteiger partial charge is 0.306 e. The van der Waals surface area contributed by atoms with Crippen LogP contribution in [0.5, 0.6) is 0 Å². The van der Waals surface area contributed by atoms with Gasteiger partial charge in [-0.2, -0.15) is 0 Å². The van der Waals surface area contributed by atoms with Crippen molar-refractivity contribution in [2.45, 2.75) is 292 Å². The molecule has 0 bridgehead atoms. The molecule has 0 aliphatic carbocycles. The molecule has 0 aromatic rings. The predicted octanol–water partition coefficient (Wildman–Crippen LogP) is 16.8. The summed E-state index contributed by atoms with van der Waals surface area (Å²) in [5, 5.41) is 0. The normalized spacial score (nSPS) is 12.2. The first kappa shape index (κ1) is 57.4. The Labute approximate surface area is 368 Å². The number of esters is 3. The Morgan fingerprint density at radius 2 is 0.492 bits per heavy atom. The van der Waals surface area contributed by atoms with E-state index in [9.17, 15) is 14.4 Å². The molecule has 0 N–H and O–H groups in total. The Hall–Kier alpha value is -1.59. The van der Waals surface area contributed by atoms with E-state index < -0.39 is 6.10 Å². The van der Waals surface area contributed by atoms with Crippen LogP contribution in [0, 0.1) is 17.8 Å². The fraction of sp³-hybridized carbons (Fsp3) is 0.943. The number of ether oxygens (including phenoxy) is 3. The number of carbonyl (C=O) groups excluding carboxylic acids is 3. The Bertz CT molecular complexity index is 914. The molecule has 0 aromatic carbocycles. The number of rotatable bonds is 46. The fourth-order valence-corrected chi connectivity index (χ4v) is 7.94. The highest BCUT2D eigenvalue weighted by molar-refractivity contribution is 5.71. The molecule has 0 amide bonds. The zero-order chi connectivity index (χ0) is 43.4. The molecule has 0 spiro atoms. The lowest BCUT2D eigenvalue weighted by Crippen LogP contribution is -2.30. The highest BCUT2D eigenvalue weighted by Gasteiger charge is 2.19. The molecule has 0 saturated heterocycles. The van der Waals surface area contributed by atoms with Crippen LogP contribution >= 0.6 is 0 Å². The van der Waals surface area contributed by atoms with Crippen molar-refractivity contribution >= 4 is 17.9 Å². The van der Waals surface area contributed by atoms with Gasteiger partial charge in [-0.1, -0.05) is 247 Å². The quantitative estimate of drug-likeness (QED) is 0.0345. The van der Waals surface area contributed by atoms with E-state index in [1.54, 1.807) is 0 Å². The van der Waals surface area contributed by atoms with Gasteiger partial charge in [-0.05, 0) is 37.0 Å². The average molecular weight is 835 g/mol. The second kappa shape index (κ2) is 44.5. The molecule has 6 nitrogen and oxygen atoms in total. The van der Waals surface area contributed by atoms with E-state index in [0.717, 1.165) is 75.5 Å². The number of carbonyl (C=O) groups is 3. The molecule has 0 saturated carbocycles. The van der Waals surface area contributed by atoms with Crippen LogP contribution in [0.2, 0.25) is 0 Å². The maximum atomic E-state index is 12.8. The molecular weight excluding hydrogens is 733 g/mol. The fourth-order valence-electron chi connectivity index (χ4n) is 7.94. The molecular formula is C53H102O6. The molecule has 0 aliphatic heterocycles. The summed E-state index contributed by atoms with van der Waals surface area (Å²) < 4.78 is 16.8. The summed E-state index contributed by atoms with van der Waals surface area (Å²) in [5.41, 5.74) is 0. The summed E-state index contributed by atoms with van der Waals surface area (Å²) in [6.45, 7) is 13.7. The van der Waals surface area contributed by atoms with Crippen molar-refractivity contribution in [2.75, 3.05) is 13.2 Å². The molecule has 350 valence electrons. The topological polar surface area (TPSA) is 78.9 Å². The molecule has 0 aromatic heterocycles. The van der Waals surface area contributed by atoms with E-state index in [-0.39, 0.29) is 31.1 Å². The standard InChI is InChI=1S/C53H102O6/c1-47(2)39-33-27-21-17-13-10-8-7-9-11-15-19-23-30-36-42-51(54)57-45-50(46-58-52(55)43-37-31-26-25-29-35-41-49(5)6)59-53(56)44-38-32-24-20-16-12-14-18-22-28-34-40-48(3)4/h47-50H,7-46H2,1-6H3/t50-/m0/s1. The Kier molecular flexibility index (Phi) is 43.3. The molecule has 59 heavy (non-hydrogen) atoms. The monoisotopic (exact) mass is 835 g/mol. The first-order valence-corrected chi connectivity index (χ1v) is 26.1. The van der Waals surface area contributed by atoms with Gasteiger partial charge in [0.1, 0.15) is 13.2 Å². The van der Waals surface area contributed by atoms with Crippen molar-refractivity contribution < 1.29 is 28.6 Å². The van der Waals surface area contributed by atoms with E-state index in [4.69, 9.17) is 14.2 Å². The molecule has 1 atom stereocenters. The second-order valence-corrected chi connectivity index (χ2v) is 19.6. The van der Waals surface area contributed by atoms with Gasteiger partial charge in [0.2, 0.25) is 0 Å². The predicted molar refractivity (Wildman–Crippen MR) is 252 cm³/mol. The summed E-state index contributed by atoms with van der Waals surface area (Å²) in [4.78, 5) is 37.9. The zero-order valence-electron chi connectivity index (χ0n) is 40.5. The van der Waals surface area contributed by atoms with Crippen LogP contribution in [0.1, 0.15) is 286 Å². The van der Waals surface area contributed by atoms with E-state index >= 15 is 0 Å². The third kappa shape index (κ3) is 47.3. The van der Waals surface area contributed by atoms with Gasteiger partial charge in [0.25, 0.3) is 0 Å². The van der Waals surface area contributed by atoms with Gasteiger partial charge >= 0.3 is 17.9 Å². The molecule has 0 unspecified atom stereocenters. The second-order valence-electron chi connectivity index (χ2n) is 19.6. The largest absolute Gasteiger partial charge is 0.462 e. The Balaban J connectivity index is 4.25. The van der Waals surface area contributed by atoms with Crippen LogP contribution in [0.25, 0.3) is 0 Å². The maximum Gasteiger partial charge on any atom is 0.306 e. The van der Waals surface area contributed by atoms with Gasteiger partial charge < -0.3 is 14.2 Å². The molecule has 0 aliphatic rings. The van der Waals surface area contributed by atoms with Crippen LogP contribution in [-0.4, -0.2) is 37.2 Å². The lowest BCUT2D eigenvalue weighted by Gasteiger charge is -2.18. The first-order valence-electron chi connectivity index (χ1n) is 26.1. The van der Waals surface area contributed by atoms with Crippen molar-refractivity contribution in [1.82, 2.24) is 0 Å². The maximum absolute atomic E-state index is 12.8. The molecule has 0 heterocycles. The van der Waals surface area contributed by atoms with Crippen molar-refractivity contribution in [2.24, 2.45) is 17.8 Å².